The molecule has 0 radical (unpaired) electrons. The summed E-state index contributed by atoms with van der Waals surface area (Å²) in [6.07, 6.45) is 1.63. The lowest BCUT2D eigenvalue weighted by Gasteiger charge is -2.14. The second-order valence-electron chi connectivity index (χ2n) is 9.15. The molecule has 0 fully saturated rings. The summed E-state index contributed by atoms with van der Waals surface area (Å²) in [5.74, 6) is -1.09. The van der Waals surface area contributed by atoms with E-state index in [0.717, 1.165) is 16.0 Å². The summed E-state index contributed by atoms with van der Waals surface area (Å²) in [6, 6.07) is 28.3. The lowest BCUT2D eigenvalue weighted by Crippen LogP contribution is -2.30. The van der Waals surface area contributed by atoms with Crippen LogP contribution < -0.4 is 16.0 Å². The minimum Gasteiger partial charge on any atom is -0.325 e. The van der Waals surface area contributed by atoms with Gasteiger partial charge in [0.05, 0.1) is 15.3 Å². The van der Waals surface area contributed by atoms with E-state index in [4.69, 9.17) is 23.2 Å². The van der Waals surface area contributed by atoms with E-state index in [-0.39, 0.29) is 11.6 Å². The van der Waals surface area contributed by atoms with Crippen molar-refractivity contribution in [3.63, 3.8) is 0 Å². The number of thioether (sulfide) groups is 1. The maximum atomic E-state index is 13.4. The average Bonchev–Trinajstić information content (AvgIpc) is 2.96. The van der Waals surface area contributed by atoms with Gasteiger partial charge in [0.25, 0.3) is 11.8 Å². The highest BCUT2D eigenvalue weighted by Gasteiger charge is 2.18. The van der Waals surface area contributed by atoms with Crippen molar-refractivity contribution >= 4 is 70.1 Å². The number of nitrogens with one attached hydrogen (secondary N) is 3. The highest BCUT2D eigenvalue weighted by Crippen LogP contribution is 2.28. The van der Waals surface area contributed by atoms with Crippen LogP contribution in [0.4, 0.5) is 11.4 Å². The smallest absolute Gasteiger partial charge is 0.272 e. The van der Waals surface area contributed by atoms with Gasteiger partial charge in [0.1, 0.15) is 5.70 Å². The van der Waals surface area contributed by atoms with Crippen molar-refractivity contribution in [2.75, 3.05) is 10.6 Å². The number of hydrogen-bond acceptors (Lipinski definition) is 4. The van der Waals surface area contributed by atoms with E-state index < -0.39 is 17.1 Å². The first-order valence-corrected chi connectivity index (χ1v) is 14.3. The molecule has 0 aromatic heterocycles. The van der Waals surface area contributed by atoms with Crippen molar-refractivity contribution in [1.82, 2.24) is 5.32 Å². The normalized spacial score (nSPS) is 11.9. The lowest BCUT2D eigenvalue weighted by molar-refractivity contribution is -0.115. The maximum absolute atomic E-state index is 13.4. The minimum absolute atomic E-state index is 0.0927. The molecule has 0 heterocycles. The van der Waals surface area contributed by atoms with Crippen LogP contribution in [0.5, 0.6) is 0 Å². The van der Waals surface area contributed by atoms with Crippen molar-refractivity contribution in [2.45, 2.75) is 24.0 Å². The molecule has 0 saturated heterocycles. The summed E-state index contributed by atoms with van der Waals surface area (Å²) in [5, 5.41) is 8.74. The van der Waals surface area contributed by atoms with Gasteiger partial charge in [0, 0.05) is 21.8 Å². The van der Waals surface area contributed by atoms with Crippen LogP contribution in [0.25, 0.3) is 6.08 Å². The van der Waals surface area contributed by atoms with Crippen LogP contribution in [0.3, 0.4) is 0 Å². The van der Waals surface area contributed by atoms with Crippen LogP contribution >= 0.6 is 35.0 Å². The SMILES string of the molecule is Cc1ccc(/C=C(\NC(=O)c2ccccc2)C(=O)Nc2cccc(SC(C)C(=O)Nc3ccc(Cl)c(Cl)c3)c2)cc1. The Morgan fingerprint density at radius 1 is 0.780 bits per heavy atom. The van der Waals surface area contributed by atoms with Crippen LogP contribution in [-0.4, -0.2) is 23.0 Å². The van der Waals surface area contributed by atoms with Crippen molar-refractivity contribution in [2.24, 2.45) is 0 Å². The molecule has 41 heavy (non-hydrogen) atoms. The fourth-order valence-corrected chi connectivity index (χ4v) is 4.92. The predicted octanol–water partition coefficient (Wildman–Crippen LogP) is 7.83. The van der Waals surface area contributed by atoms with Crippen LogP contribution in [0.2, 0.25) is 10.0 Å². The Morgan fingerprint density at radius 2 is 1.49 bits per heavy atom. The zero-order valence-corrected chi connectivity index (χ0v) is 24.6. The van der Waals surface area contributed by atoms with Crippen LogP contribution in [0.15, 0.2) is 108 Å². The molecule has 1 atom stereocenters. The number of halogens is 2. The molecule has 0 aliphatic heterocycles. The number of rotatable bonds is 9. The van der Waals surface area contributed by atoms with Crippen LogP contribution in [0, 0.1) is 6.92 Å². The van der Waals surface area contributed by atoms with Gasteiger partial charge in [-0.3, -0.25) is 14.4 Å². The summed E-state index contributed by atoms with van der Waals surface area (Å²) in [4.78, 5) is 39.8. The first-order chi connectivity index (χ1) is 19.7. The van der Waals surface area contributed by atoms with Crippen molar-refractivity contribution in [3.8, 4) is 0 Å². The van der Waals surface area contributed by atoms with Gasteiger partial charge in [0.15, 0.2) is 0 Å². The standard InChI is InChI=1S/C32H27Cl2N3O3S/c1-20-11-13-22(14-12-20)17-29(37-31(39)23-7-4-3-5-8-23)32(40)36-24-9-6-10-26(18-24)41-21(2)30(38)35-25-15-16-27(33)28(34)19-25/h3-19,21H,1-2H3,(H,35,38)(H,36,40)(H,37,39)/b29-17-. The minimum atomic E-state index is -0.484. The second kappa shape index (κ2) is 14.0. The fourth-order valence-electron chi connectivity index (χ4n) is 3.69. The predicted molar refractivity (Wildman–Crippen MR) is 169 cm³/mol. The third kappa shape index (κ3) is 8.72. The van der Waals surface area contributed by atoms with Gasteiger partial charge in [-0.05, 0) is 74.0 Å². The van der Waals surface area contributed by atoms with E-state index >= 15 is 0 Å². The van der Waals surface area contributed by atoms with E-state index in [1.165, 1.54) is 11.8 Å². The third-order valence-electron chi connectivity index (χ3n) is 5.88. The Kier molecular flexibility index (Phi) is 10.2. The molecule has 3 N–H and O–H groups in total. The Bertz CT molecular complexity index is 1590. The van der Waals surface area contributed by atoms with E-state index in [0.29, 0.717) is 27.0 Å². The molecule has 1 unspecified atom stereocenters. The number of carbonyl (C=O) groups is 3. The first kappa shape index (κ1) is 29.9. The van der Waals surface area contributed by atoms with E-state index in [9.17, 15) is 14.4 Å². The fraction of sp³-hybridized carbons (Fsp3) is 0.0938. The highest BCUT2D eigenvalue weighted by atomic mass is 35.5. The molecule has 4 aromatic carbocycles. The van der Waals surface area contributed by atoms with E-state index in [1.54, 1.807) is 73.7 Å². The molecule has 9 heteroatoms. The van der Waals surface area contributed by atoms with Gasteiger partial charge in [0.2, 0.25) is 5.91 Å². The van der Waals surface area contributed by atoms with Crippen molar-refractivity contribution < 1.29 is 14.4 Å². The topological polar surface area (TPSA) is 87.3 Å². The molecule has 4 aromatic rings. The first-order valence-electron chi connectivity index (χ1n) is 12.7. The van der Waals surface area contributed by atoms with Gasteiger partial charge in [-0.25, -0.2) is 0 Å². The summed E-state index contributed by atoms with van der Waals surface area (Å²) in [6.45, 7) is 3.76. The van der Waals surface area contributed by atoms with Crippen LogP contribution in [0.1, 0.15) is 28.4 Å². The van der Waals surface area contributed by atoms with Gasteiger partial charge in [-0.2, -0.15) is 0 Å². The second-order valence-corrected chi connectivity index (χ2v) is 11.4. The number of anilines is 2. The number of aryl methyl sites for hydroxylation is 1. The third-order valence-corrected chi connectivity index (χ3v) is 7.71. The highest BCUT2D eigenvalue weighted by molar-refractivity contribution is 8.00. The monoisotopic (exact) mass is 603 g/mol. The molecule has 0 spiro atoms. The molecule has 3 amide bonds. The largest absolute Gasteiger partial charge is 0.325 e. The maximum Gasteiger partial charge on any atom is 0.272 e. The zero-order valence-electron chi connectivity index (χ0n) is 22.3. The van der Waals surface area contributed by atoms with Crippen molar-refractivity contribution in [3.05, 3.63) is 129 Å². The summed E-state index contributed by atoms with van der Waals surface area (Å²) >= 11 is 13.3. The van der Waals surface area contributed by atoms with Crippen molar-refractivity contribution in [1.29, 1.82) is 0 Å². The van der Waals surface area contributed by atoms with Gasteiger partial charge in [-0.15, -0.1) is 11.8 Å². The molecule has 0 saturated carbocycles. The van der Waals surface area contributed by atoms with E-state index in [1.807, 2.05) is 43.3 Å². The molecular weight excluding hydrogens is 577 g/mol. The number of carbonyl (C=O) groups excluding carboxylic acids is 3. The molecule has 6 nitrogen and oxygen atoms in total. The summed E-state index contributed by atoms with van der Waals surface area (Å²) in [5.41, 5.74) is 3.43. The van der Waals surface area contributed by atoms with Gasteiger partial charge < -0.3 is 16.0 Å². The summed E-state index contributed by atoms with van der Waals surface area (Å²) in [7, 11) is 0. The number of benzene rings is 4. The molecule has 0 aliphatic rings. The number of hydrogen-bond donors (Lipinski definition) is 3. The van der Waals surface area contributed by atoms with Gasteiger partial charge in [-0.1, -0.05) is 77.3 Å². The zero-order chi connectivity index (χ0) is 29.4. The van der Waals surface area contributed by atoms with Crippen LogP contribution in [-0.2, 0) is 9.59 Å². The Labute approximate surface area is 253 Å². The molecule has 4 rings (SSSR count). The Balaban J connectivity index is 1.47. The quantitative estimate of drug-likeness (QED) is 0.134. The molecule has 0 aliphatic carbocycles. The number of amides is 3. The molecule has 208 valence electrons. The van der Waals surface area contributed by atoms with E-state index in [2.05, 4.69) is 16.0 Å². The Morgan fingerprint density at radius 3 is 2.20 bits per heavy atom. The average molecular weight is 605 g/mol. The molecule has 0 bridgehead atoms. The lowest BCUT2D eigenvalue weighted by atomic mass is 10.1. The summed E-state index contributed by atoms with van der Waals surface area (Å²) < 4.78 is 0. The van der Waals surface area contributed by atoms with Gasteiger partial charge >= 0.3 is 0 Å². The molecular formula is C32H27Cl2N3O3S. The Hall–Kier alpha value is -4.04.